The van der Waals surface area contributed by atoms with Crippen LogP contribution in [0.1, 0.15) is 43.2 Å². The molecule has 3 heterocycles. The van der Waals surface area contributed by atoms with Gasteiger partial charge in [0.1, 0.15) is 0 Å². The van der Waals surface area contributed by atoms with E-state index >= 15 is 0 Å². The van der Waals surface area contributed by atoms with Crippen molar-refractivity contribution in [1.82, 2.24) is 14.9 Å². The van der Waals surface area contributed by atoms with Gasteiger partial charge in [0.05, 0.1) is 11.3 Å². The highest BCUT2D eigenvalue weighted by molar-refractivity contribution is 5.89. The van der Waals surface area contributed by atoms with Crippen LogP contribution in [0.4, 0.5) is 0 Å². The average Bonchev–Trinajstić information content (AvgIpc) is 3.23. The highest BCUT2D eigenvalue weighted by Crippen LogP contribution is 2.26. The Morgan fingerprint density at radius 3 is 2.34 bits per heavy atom. The van der Waals surface area contributed by atoms with E-state index in [0.29, 0.717) is 5.56 Å². The molecule has 0 saturated carbocycles. The number of aromatic amines is 2. The minimum atomic E-state index is -0.0781. The zero-order chi connectivity index (χ0) is 21.9. The van der Waals surface area contributed by atoms with Gasteiger partial charge in [-0.2, -0.15) is 0 Å². The van der Waals surface area contributed by atoms with E-state index < -0.39 is 0 Å². The van der Waals surface area contributed by atoms with Crippen LogP contribution in [0, 0.1) is 0 Å². The fraction of sp³-hybridized carbons (Fsp3) is 0.370. The smallest absolute Gasteiger partial charge is 0.257 e. The zero-order valence-electron chi connectivity index (χ0n) is 18.5. The van der Waals surface area contributed by atoms with E-state index in [1.54, 1.807) is 0 Å². The number of H-pyrrole nitrogens is 2. The summed E-state index contributed by atoms with van der Waals surface area (Å²) in [5, 5.41) is 11.2. The van der Waals surface area contributed by atoms with Crippen LogP contribution in [-0.2, 0) is 13.0 Å². The molecule has 0 aliphatic carbocycles. The third-order valence-electron chi connectivity index (χ3n) is 6.61. The summed E-state index contributed by atoms with van der Waals surface area (Å²) in [6.07, 6.45) is 6.64. The number of unbranched alkanes of at least 4 members (excludes halogenated alkanes) is 1. The quantitative estimate of drug-likeness (QED) is 0.363. The highest BCUT2D eigenvalue weighted by Gasteiger charge is 2.13. The number of rotatable bonds is 7. The molecule has 0 bridgehead atoms. The summed E-state index contributed by atoms with van der Waals surface area (Å²) in [7, 11) is 0. The molecule has 5 rings (SSSR count). The normalized spacial score (nSPS) is 15.0. The Morgan fingerprint density at radius 2 is 1.53 bits per heavy atom. The van der Waals surface area contributed by atoms with Crippen molar-refractivity contribution in [2.24, 2.45) is 0 Å². The molecule has 5 heteroatoms. The lowest BCUT2D eigenvalue weighted by molar-refractivity contribution is 0.221. The zero-order valence-corrected chi connectivity index (χ0v) is 18.5. The first kappa shape index (κ1) is 21.0. The number of aliphatic hydroxyl groups is 1. The van der Waals surface area contributed by atoms with Gasteiger partial charge in [-0.15, -0.1) is 0 Å². The molecular formula is C27H31N3O2. The lowest BCUT2D eigenvalue weighted by atomic mass is 10.0. The maximum absolute atomic E-state index is 12.8. The fourth-order valence-corrected chi connectivity index (χ4v) is 4.85. The van der Waals surface area contributed by atoms with E-state index in [1.807, 2.05) is 12.1 Å². The molecule has 166 valence electrons. The number of benzene rings is 2. The maximum Gasteiger partial charge on any atom is 0.257 e. The Morgan fingerprint density at radius 1 is 0.812 bits per heavy atom. The lowest BCUT2D eigenvalue weighted by Gasteiger charge is -2.26. The standard InChI is InChI=1S/C27H31N3O2/c31-13-5-2-6-19-7-9-25-21(14-19)16-23(27(32)29-25)26-17-22-15-20(8-10-24(22)28-26)18-30-11-3-1-4-12-30/h7-10,14-17,28,31H,1-6,11-13,18H2,(H,29,32). The van der Waals surface area contributed by atoms with Gasteiger partial charge in [-0.05, 0) is 98.1 Å². The van der Waals surface area contributed by atoms with Crippen LogP contribution >= 0.6 is 0 Å². The van der Waals surface area contributed by atoms with Crippen LogP contribution in [0.15, 0.2) is 53.3 Å². The largest absolute Gasteiger partial charge is 0.396 e. The van der Waals surface area contributed by atoms with E-state index in [4.69, 9.17) is 5.11 Å². The van der Waals surface area contributed by atoms with Gasteiger partial charge in [0.15, 0.2) is 0 Å². The minimum absolute atomic E-state index is 0.0781. The summed E-state index contributed by atoms with van der Waals surface area (Å²) < 4.78 is 0. The van der Waals surface area contributed by atoms with Crippen molar-refractivity contribution < 1.29 is 5.11 Å². The van der Waals surface area contributed by atoms with Crippen molar-refractivity contribution in [2.75, 3.05) is 19.7 Å². The molecule has 0 atom stereocenters. The monoisotopic (exact) mass is 429 g/mol. The predicted molar refractivity (Wildman–Crippen MR) is 131 cm³/mol. The molecule has 4 aromatic rings. The van der Waals surface area contributed by atoms with Crippen molar-refractivity contribution in [3.63, 3.8) is 0 Å². The molecule has 0 spiro atoms. The van der Waals surface area contributed by atoms with Crippen LogP contribution in [0.25, 0.3) is 33.1 Å². The second-order valence-corrected chi connectivity index (χ2v) is 9.06. The molecular weight excluding hydrogens is 398 g/mol. The van der Waals surface area contributed by atoms with Gasteiger partial charge < -0.3 is 15.1 Å². The first-order valence-corrected chi connectivity index (χ1v) is 11.8. The van der Waals surface area contributed by atoms with E-state index in [9.17, 15) is 4.79 Å². The SMILES string of the molecule is O=c1[nH]c2ccc(CCCCO)cc2cc1-c1cc2cc(CN3CCCCC3)ccc2[nH]1. The molecule has 1 fully saturated rings. The Kier molecular flexibility index (Phi) is 6.10. The Bertz CT molecular complexity index is 1280. The topological polar surface area (TPSA) is 72.1 Å². The van der Waals surface area contributed by atoms with Gasteiger partial charge in [0.2, 0.25) is 0 Å². The molecule has 1 saturated heterocycles. The van der Waals surface area contributed by atoms with E-state index in [1.165, 1.54) is 43.5 Å². The molecule has 2 aromatic heterocycles. The number of likely N-dealkylation sites (tertiary alicyclic amines) is 1. The predicted octanol–water partition coefficient (Wildman–Crippen LogP) is 4.98. The van der Waals surface area contributed by atoms with Crippen molar-refractivity contribution in [3.05, 3.63) is 70.0 Å². The highest BCUT2D eigenvalue weighted by atomic mass is 16.2. The van der Waals surface area contributed by atoms with Crippen molar-refractivity contribution in [1.29, 1.82) is 0 Å². The summed E-state index contributed by atoms with van der Waals surface area (Å²) >= 11 is 0. The molecule has 2 aromatic carbocycles. The number of pyridine rings is 1. The summed E-state index contributed by atoms with van der Waals surface area (Å²) in [4.78, 5) is 21.8. The maximum atomic E-state index is 12.8. The number of aryl methyl sites for hydroxylation is 1. The van der Waals surface area contributed by atoms with Crippen LogP contribution < -0.4 is 5.56 Å². The lowest BCUT2D eigenvalue weighted by Crippen LogP contribution is -2.28. The fourth-order valence-electron chi connectivity index (χ4n) is 4.85. The number of aromatic nitrogens is 2. The minimum Gasteiger partial charge on any atom is -0.396 e. The Labute approximate surface area is 188 Å². The number of nitrogens with one attached hydrogen (secondary N) is 2. The first-order valence-electron chi connectivity index (χ1n) is 11.8. The van der Waals surface area contributed by atoms with Crippen molar-refractivity contribution >= 4 is 21.8 Å². The van der Waals surface area contributed by atoms with Gasteiger partial charge in [-0.25, -0.2) is 0 Å². The molecule has 0 amide bonds. The summed E-state index contributed by atoms with van der Waals surface area (Å²) in [5.74, 6) is 0. The number of hydrogen-bond acceptors (Lipinski definition) is 3. The van der Waals surface area contributed by atoms with E-state index in [0.717, 1.165) is 53.3 Å². The molecule has 3 N–H and O–H groups in total. The van der Waals surface area contributed by atoms with Gasteiger partial charge in [0, 0.05) is 29.6 Å². The number of nitrogens with zero attached hydrogens (tertiary/aromatic N) is 1. The number of aliphatic hydroxyl groups excluding tert-OH is 1. The number of fused-ring (bicyclic) bond motifs is 2. The van der Waals surface area contributed by atoms with Crippen molar-refractivity contribution in [2.45, 2.75) is 45.1 Å². The van der Waals surface area contributed by atoms with Crippen LogP contribution in [0.5, 0.6) is 0 Å². The van der Waals surface area contributed by atoms with Gasteiger partial charge >= 0.3 is 0 Å². The molecule has 32 heavy (non-hydrogen) atoms. The molecule has 1 aliphatic heterocycles. The first-order chi connectivity index (χ1) is 15.7. The Hall–Kier alpha value is -2.89. The van der Waals surface area contributed by atoms with E-state index in [-0.39, 0.29) is 12.2 Å². The van der Waals surface area contributed by atoms with Gasteiger partial charge in [-0.1, -0.05) is 18.6 Å². The molecule has 0 unspecified atom stereocenters. The van der Waals surface area contributed by atoms with E-state index in [2.05, 4.69) is 51.3 Å². The van der Waals surface area contributed by atoms with Crippen LogP contribution in [0.2, 0.25) is 0 Å². The van der Waals surface area contributed by atoms with Crippen molar-refractivity contribution in [3.8, 4) is 11.3 Å². The molecule has 1 aliphatic rings. The molecule has 5 nitrogen and oxygen atoms in total. The molecule has 0 radical (unpaired) electrons. The van der Waals surface area contributed by atoms with Gasteiger partial charge in [0.25, 0.3) is 5.56 Å². The summed E-state index contributed by atoms with van der Waals surface area (Å²) in [6, 6.07) is 16.8. The number of piperidine rings is 1. The second kappa shape index (κ2) is 9.31. The Balaban J connectivity index is 1.44. The second-order valence-electron chi connectivity index (χ2n) is 9.06. The number of hydrogen-bond donors (Lipinski definition) is 3. The van der Waals surface area contributed by atoms with Gasteiger partial charge in [-0.3, -0.25) is 9.69 Å². The van der Waals surface area contributed by atoms with Crippen LogP contribution in [0.3, 0.4) is 0 Å². The van der Waals surface area contributed by atoms with Crippen LogP contribution in [-0.4, -0.2) is 39.7 Å². The summed E-state index contributed by atoms with van der Waals surface area (Å²) in [5.41, 5.74) is 5.89. The third-order valence-corrected chi connectivity index (χ3v) is 6.61. The average molecular weight is 430 g/mol. The summed E-state index contributed by atoms with van der Waals surface area (Å²) in [6.45, 7) is 3.59. The third kappa shape index (κ3) is 4.50.